The predicted octanol–water partition coefficient (Wildman–Crippen LogP) is -1.24. The van der Waals surface area contributed by atoms with Crippen LogP contribution in [0.25, 0.3) is 0 Å². The molecule has 0 amide bonds. The molecular weight excluding hydrogens is 248 g/mol. The molecule has 8 heteroatoms. The Morgan fingerprint density at radius 1 is 1.41 bits per heavy atom. The van der Waals surface area contributed by atoms with Crippen molar-refractivity contribution in [2.45, 2.75) is 24.1 Å². The van der Waals surface area contributed by atoms with Gasteiger partial charge < -0.3 is 19.9 Å². The maximum Gasteiger partial charge on any atom is 0.271 e. The van der Waals surface area contributed by atoms with Crippen LogP contribution in [0.1, 0.15) is 12.7 Å². The molecule has 17 heavy (non-hydrogen) atoms. The molecule has 0 aromatic carbocycles. The molecule has 0 spiro atoms. The van der Waals surface area contributed by atoms with Gasteiger partial charge in [-0.2, -0.15) is 0 Å². The summed E-state index contributed by atoms with van der Waals surface area (Å²) >= 11 is 0. The van der Waals surface area contributed by atoms with Crippen LogP contribution in [-0.2, 0) is 16.6 Å². The van der Waals surface area contributed by atoms with Gasteiger partial charge in [-0.15, -0.1) is 0 Å². The van der Waals surface area contributed by atoms with Crippen molar-refractivity contribution >= 4 is 10.0 Å². The van der Waals surface area contributed by atoms with Crippen LogP contribution in [0.3, 0.4) is 0 Å². The number of aliphatic hydroxyl groups excluding tert-OH is 2. The largest absolute Gasteiger partial charge is 0.447 e. The van der Waals surface area contributed by atoms with Gasteiger partial charge in [-0.3, -0.25) is 0 Å². The zero-order valence-electron chi connectivity index (χ0n) is 9.38. The number of nitrogens with two attached hydrogens (primary N) is 1. The SMILES string of the molecule is CC(CO)(CO)NCc1ccc(S(N)(=O)=O)o1. The number of sulfonamides is 1. The number of hydrogen-bond donors (Lipinski definition) is 4. The fourth-order valence-electron chi connectivity index (χ4n) is 1.07. The van der Waals surface area contributed by atoms with E-state index in [-0.39, 0.29) is 24.9 Å². The van der Waals surface area contributed by atoms with Gasteiger partial charge in [0.1, 0.15) is 5.76 Å². The average Bonchev–Trinajstić information content (AvgIpc) is 2.74. The maximum absolute atomic E-state index is 10.9. The van der Waals surface area contributed by atoms with Crippen LogP contribution in [-0.4, -0.2) is 37.4 Å². The van der Waals surface area contributed by atoms with Crippen molar-refractivity contribution in [1.82, 2.24) is 5.32 Å². The van der Waals surface area contributed by atoms with Crippen molar-refractivity contribution in [2.75, 3.05) is 13.2 Å². The lowest BCUT2D eigenvalue weighted by atomic mass is 10.1. The highest BCUT2D eigenvalue weighted by molar-refractivity contribution is 7.89. The molecule has 1 rings (SSSR count). The van der Waals surface area contributed by atoms with E-state index in [4.69, 9.17) is 19.8 Å². The van der Waals surface area contributed by atoms with Crippen molar-refractivity contribution in [3.63, 3.8) is 0 Å². The molecule has 0 aliphatic rings. The van der Waals surface area contributed by atoms with Crippen LogP contribution < -0.4 is 10.5 Å². The second-order valence-electron chi connectivity index (χ2n) is 4.00. The first-order valence-corrected chi connectivity index (χ1v) is 6.44. The molecule has 0 fully saturated rings. The molecule has 0 bridgehead atoms. The van der Waals surface area contributed by atoms with Crippen molar-refractivity contribution in [2.24, 2.45) is 5.14 Å². The van der Waals surface area contributed by atoms with E-state index >= 15 is 0 Å². The van der Waals surface area contributed by atoms with Crippen LogP contribution in [0.15, 0.2) is 21.6 Å². The summed E-state index contributed by atoms with van der Waals surface area (Å²) in [6.07, 6.45) is 0. The van der Waals surface area contributed by atoms with Gasteiger partial charge in [0.2, 0.25) is 5.09 Å². The minimum atomic E-state index is -3.84. The molecule has 98 valence electrons. The van der Waals surface area contributed by atoms with Crippen LogP contribution in [0, 0.1) is 0 Å². The van der Waals surface area contributed by atoms with Gasteiger partial charge in [0, 0.05) is 0 Å². The Bertz CT molecular complexity index is 463. The maximum atomic E-state index is 10.9. The number of aliphatic hydroxyl groups is 2. The summed E-state index contributed by atoms with van der Waals surface area (Å²) in [6.45, 7) is 1.28. The summed E-state index contributed by atoms with van der Waals surface area (Å²) in [6, 6.07) is 2.71. The van der Waals surface area contributed by atoms with Crippen LogP contribution >= 0.6 is 0 Å². The minimum absolute atomic E-state index is 0.174. The van der Waals surface area contributed by atoms with E-state index in [0.717, 1.165) is 0 Å². The van der Waals surface area contributed by atoms with Gasteiger partial charge in [-0.1, -0.05) is 0 Å². The number of hydrogen-bond acceptors (Lipinski definition) is 6. The average molecular weight is 264 g/mol. The summed E-state index contributed by atoms with van der Waals surface area (Å²) in [5, 5.41) is 25.5. The Hall–Kier alpha value is -0.930. The lowest BCUT2D eigenvalue weighted by Gasteiger charge is -2.25. The fourth-order valence-corrected chi connectivity index (χ4v) is 1.55. The van der Waals surface area contributed by atoms with E-state index in [1.54, 1.807) is 6.92 Å². The van der Waals surface area contributed by atoms with Gasteiger partial charge in [0.25, 0.3) is 10.0 Å². The number of nitrogens with one attached hydrogen (secondary N) is 1. The molecule has 1 heterocycles. The number of furan rings is 1. The van der Waals surface area contributed by atoms with Gasteiger partial charge in [-0.05, 0) is 19.1 Å². The molecule has 5 N–H and O–H groups in total. The Morgan fingerprint density at radius 3 is 2.41 bits per heavy atom. The highest BCUT2D eigenvalue weighted by atomic mass is 32.2. The number of rotatable bonds is 6. The third kappa shape index (κ3) is 3.79. The minimum Gasteiger partial charge on any atom is -0.447 e. The zero-order chi connectivity index (χ0) is 13.1. The summed E-state index contributed by atoms with van der Waals surface area (Å²) in [5.41, 5.74) is -0.853. The summed E-state index contributed by atoms with van der Waals surface area (Å²) in [4.78, 5) is 0. The fraction of sp³-hybridized carbons (Fsp3) is 0.556. The van der Waals surface area contributed by atoms with Crippen molar-refractivity contribution in [1.29, 1.82) is 0 Å². The van der Waals surface area contributed by atoms with Gasteiger partial charge in [0.15, 0.2) is 0 Å². The van der Waals surface area contributed by atoms with Gasteiger partial charge in [0.05, 0.1) is 25.3 Å². The van der Waals surface area contributed by atoms with Crippen molar-refractivity contribution < 1.29 is 23.0 Å². The number of primary sulfonamides is 1. The highest BCUT2D eigenvalue weighted by Gasteiger charge is 2.22. The predicted molar refractivity (Wildman–Crippen MR) is 59.5 cm³/mol. The molecule has 1 aromatic rings. The smallest absolute Gasteiger partial charge is 0.271 e. The topological polar surface area (TPSA) is 126 Å². The third-order valence-electron chi connectivity index (χ3n) is 2.30. The molecule has 0 atom stereocenters. The van der Waals surface area contributed by atoms with E-state index in [1.807, 2.05) is 0 Å². The first-order valence-electron chi connectivity index (χ1n) is 4.89. The first kappa shape index (κ1) is 14.1. The van der Waals surface area contributed by atoms with Gasteiger partial charge >= 0.3 is 0 Å². The van der Waals surface area contributed by atoms with E-state index < -0.39 is 15.6 Å². The van der Waals surface area contributed by atoms with Crippen LogP contribution in [0.4, 0.5) is 0 Å². The quantitative estimate of drug-likeness (QED) is 0.509. The molecule has 7 nitrogen and oxygen atoms in total. The Labute approximate surface area is 99.3 Å². The van der Waals surface area contributed by atoms with Crippen LogP contribution in [0.5, 0.6) is 0 Å². The van der Waals surface area contributed by atoms with E-state index in [1.165, 1.54) is 12.1 Å². The Kier molecular flexibility index (Phi) is 4.28. The normalized spacial score (nSPS) is 12.9. The summed E-state index contributed by atoms with van der Waals surface area (Å²) in [5.74, 6) is 0.349. The third-order valence-corrected chi connectivity index (χ3v) is 3.09. The molecule has 0 aliphatic heterocycles. The molecule has 0 saturated carbocycles. The Morgan fingerprint density at radius 2 is 2.00 bits per heavy atom. The summed E-state index contributed by atoms with van der Waals surface area (Å²) < 4.78 is 26.9. The van der Waals surface area contributed by atoms with Crippen LogP contribution in [0.2, 0.25) is 0 Å². The molecule has 0 unspecified atom stereocenters. The van der Waals surface area contributed by atoms with Crippen molar-refractivity contribution in [3.05, 3.63) is 17.9 Å². The second-order valence-corrected chi connectivity index (χ2v) is 5.49. The lowest BCUT2D eigenvalue weighted by molar-refractivity contribution is 0.101. The first-order chi connectivity index (χ1) is 7.80. The lowest BCUT2D eigenvalue weighted by Crippen LogP contribution is -2.48. The Balaban J connectivity index is 2.68. The standard InChI is InChI=1S/C9H16N2O5S/c1-9(5-12,6-13)11-4-7-2-3-8(16-7)17(10,14)15/h2-3,11-13H,4-6H2,1H3,(H2,10,14,15). The highest BCUT2D eigenvalue weighted by Crippen LogP contribution is 2.13. The zero-order valence-corrected chi connectivity index (χ0v) is 10.2. The molecular formula is C9H16N2O5S. The molecule has 0 aliphatic carbocycles. The van der Waals surface area contributed by atoms with E-state index in [0.29, 0.717) is 5.76 Å². The van der Waals surface area contributed by atoms with Crippen molar-refractivity contribution in [3.8, 4) is 0 Å². The van der Waals surface area contributed by atoms with E-state index in [2.05, 4.69) is 5.32 Å². The van der Waals surface area contributed by atoms with E-state index in [9.17, 15) is 8.42 Å². The van der Waals surface area contributed by atoms with Gasteiger partial charge in [-0.25, -0.2) is 13.6 Å². The second kappa shape index (κ2) is 5.15. The molecule has 0 saturated heterocycles. The summed E-state index contributed by atoms with van der Waals surface area (Å²) in [7, 11) is -3.84. The molecule has 1 aromatic heterocycles. The monoisotopic (exact) mass is 264 g/mol. The molecule has 0 radical (unpaired) electrons.